The van der Waals surface area contributed by atoms with Gasteiger partial charge in [0.25, 0.3) is 6.43 Å². The first-order valence-electron chi connectivity index (χ1n) is 4.15. The fourth-order valence-corrected chi connectivity index (χ4v) is 1.28. The summed E-state index contributed by atoms with van der Waals surface area (Å²) in [6, 6.07) is 0. The molecule has 0 saturated heterocycles. The van der Waals surface area contributed by atoms with Crippen LogP contribution in [0.25, 0.3) is 0 Å². The van der Waals surface area contributed by atoms with Gasteiger partial charge in [-0.1, -0.05) is 0 Å². The summed E-state index contributed by atoms with van der Waals surface area (Å²) in [6.07, 6.45) is -1.37. The molecule has 0 N–H and O–H groups in total. The number of nitrogens with zero attached hydrogens (tertiary/aromatic N) is 3. The molecule has 0 aliphatic carbocycles. The minimum Gasteiger partial charge on any atom is -0.406 e. The summed E-state index contributed by atoms with van der Waals surface area (Å²) < 4.78 is 30.9. The summed E-state index contributed by atoms with van der Waals surface area (Å²) in [6.45, 7) is -0.132. The number of hydrogen-bond acceptors (Lipinski definition) is 4. The van der Waals surface area contributed by atoms with E-state index in [0.29, 0.717) is 0 Å². The fourth-order valence-electron chi connectivity index (χ4n) is 1.28. The predicted octanol–water partition coefficient (Wildman–Crippen LogP) is 0.661. The number of carbonyl (C=O) groups excluding carboxylic acids is 1. The summed E-state index contributed by atoms with van der Waals surface area (Å²) in [5, 5.41) is 3.57. The van der Waals surface area contributed by atoms with Gasteiger partial charge in [0.2, 0.25) is 5.90 Å². The zero-order chi connectivity index (χ0) is 11.0. The van der Waals surface area contributed by atoms with Crippen LogP contribution < -0.4 is 0 Å². The second-order valence-electron chi connectivity index (χ2n) is 3.00. The molecule has 0 saturated carbocycles. The molecule has 2 rings (SSSR count). The Bertz CT molecular complexity index is 439. The number of halogens is 2. The normalized spacial score (nSPS) is 15.7. The van der Waals surface area contributed by atoms with E-state index >= 15 is 0 Å². The van der Waals surface area contributed by atoms with Crippen molar-refractivity contribution in [1.29, 1.82) is 0 Å². The van der Waals surface area contributed by atoms with E-state index in [1.807, 2.05) is 0 Å². The van der Waals surface area contributed by atoms with Crippen LogP contribution in [0.15, 0.2) is 11.2 Å². The minimum absolute atomic E-state index is 0.0679. The Morgan fingerprint density at radius 2 is 2.33 bits per heavy atom. The van der Waals surface area contributed by atoms with Crippen molar-refractivity contribution in [3.05, 3.63) is 17.5 Å². The highest BCUT2D eigenvalue weighted by Crippen LogP contribution is 2.22. The molecule has 1 aliphatic heterocycles. The van der Waals surface area contributed by atoms with Gasteiger partial charge in [-0.2, -0.15) is 5.10 Å². The van der Waals surface area contributed by atoms with Gasteiger partial charge < -0.3 is 4.74 Å². The quantitative estimate of drug-likeness (QED) is 0.681. The maximum atomic E-state index is 12.5. The molecule has 1 aromatic rings. The van der Waals surface area contributed by atoms with Crippen molar-refractivity contribution in [2.24, 2.45) is 12.0 Å². The zero-order valence-electron chi connectivity index (χ0n) is 7.78. The second kappa shape index (κ2) is 3.41. The Labute approximate surface area is 83.4 Å². The third kappa shape index (κ3) is 1.72. The number of esters is 1. The van der Waals surface area contributed by atoms with Crippen molar-refractivity contribution < 1.29 is 18.3 Å². The average molecular weight is 215 g/mol. The molecular formula is C8H7F2N3O2. The Hall–Kier alpha value is -1.79. The summed E-state index contributed by atoms with van der Waals surface area (Å²) in [5.41, 5.74) is -0.357. The molecule has 0 radical (unpaired) electrons. The highest BCUT2D eigenvalue weighted by atomic mass is 19.3. The molecule has 5 nitrogen and oxygen atoms in total. The molecule has 0 unspecified atom stereocenters. The van der Waals surface area contributed by atoms with Crippen LogP contribution >= 0.6 is 0 Å². The molecule has 7 heteroatoms. The summed E-state index contributed by atoms with van der Waals surface area (Å²) in [5.74, 6) is -0.627. The van der Waals surface area contributed by atoms with Crippen molar-refractivity contribution in [3.63, 3.8) is 0 Å². The third-order valence-electron chi connectivity index (χ3n) is 1.86. The fraction of sp³-hybridized carbons (Fsp3) is 0.375. The highest BCUT2D eigenvalue weighted by molar-refractivity contribution is 6.05. The van der Waals surface area contributed by atoms with Crippen molar-refractivity contribution in [3.8, 4) is 0 Å². The first kappa shape index (κ1) is 9.75. The molecule has 0 atom stereocenters. The van der Waals surface area contributed by atoms with E-state index < -0.39 is 18.1 Å². The third-order valence-corrected chi connectivity index (χ3v) is 1.86. The molecular weight excluding hydrogens is 208 g/mol. The standard InChI is InChI=1S/C8H7F2N3O2/c1-13-3-4(6(12-13)7(9)10)8-11-2-5(14)15-8/h3,7H,2H2,1H3. The highest BCUT2D eigenvalue weighted by Gasteiger charge is 2.26. The van der Waals surface area contributed by atoms with E-state index in [0.717, 1.165) is 0 Å². The molecule has 0 bridgehead atoms. The van der Waals surface area contributed by atoms with Crippen LogP contribution in [0.5, 0.6) is 0 Å². The van der Waals surface area contributed by atoms with Gasteiger partial charge in [0.15, 0.2) is 0 Å². The molecule has 0 fully saturated rings. The van der Waals surface area contributed by atoms with Gasteiger partial charge in [0.1, 0.15) is 12.2 Å². The average Bonchev–Trinajstić information content (AvgIpc) is 2.71. The second-order valence-corrected chi connectivity index (χ2v) is 3.00. The van der Waals surface area contributed by atoms with Gasteiger partial charge in [0, 0.05) is 13.2 Å². The van der Waals surface area contributed by atoms with Gasteiger partial charge in [-0.15, -0.1) is 0 Å². The van der Waals surface area contributed by atoms with Crippen LogP contribution in [-0.4, -0.2) is 28.2 Å². The monoisotopic (exact) mass is 215 g/mol. The van der Waals surface area contributed by atoms with Crippen molar-refractivity contribution in [2.75, 3.05) is 6.54 Å². The molecule has 0 aromatic carbocycles. The van der Waals surface area contributed by atoms with Crippen LogP contribution in [0, 0.1) is 0 Å². The van der Waals surface area contributed by atoms with E-state index in [4.69, 9.17) is 0 Å². The van der Waals surface area contributed by atoms with Gasteiger partial charge in [-0.25, -0.2) is 18.6 Å². The number of ether oxygens (including phenoxy) is 1. The van der Waals surface area contributed by atoms with Gasteiger partial charge in [0.05, 0.1) is 5.56 Å². The lowest BCUT2D eigenvalue weighted by Gasteiger charge is -1.99. The summed E-state index contributed by atoms with van der Waals surface area (Å²) in [4.78, 5) is 14.5. The molecule has 1 aliphatic rings. The summed E-state index contributed by atoms with van der Waals surface area (Å²) in [7, 11) is 1.51. The number of aryl methyl sites for hydroxylation is 1. The molecule has 80 valence electrons. The Kier molecular flexibility index (Phi) is 2.22. The Morgan fingerprint density at radius 1 is 1.60 bits per heavy atom. The molecule has 0 amide bonds. The first-order chi connectivity index (χ1) is 7.08. The largest absolute Gasteiger partial charge is 0.406 e. The number of alkyl halides is 2. The maximum absolute atomic E-state index is 12.5. The van der Waals surface area contributed by atoms with Gasteiger partial charge in [-0.05, 0) is 0 Å². The number of hydrogen-bond donors (Lipinski definition) is 0. The van der Waals surface area contributed by atoms with Crippen LogP contribution in [-0.2, 0) is 16.6 Å². The lowest BCUT2D eigenvalue weighted by Crippen LogP contribution is -2.07. The van der Waals surface area contributed by atoms with Crippen molar-refractivity contribution >= 4 is 11.9 Å². The number of aliphatic imine (C=N–C) groups is 1. The van der Waals surface area contributed by atoms with E-state index in [2.05, 4.69) is 14.8 Å². The summed E-state index contributed by atoms with van der Waals surface area (Å²) >= 11 is 0. The van der Waals surface area contributed by atoms with Crippen LogP contribution in [0.2, 0.25) is 0 Å². The van der Waals surface area contributed by atoms with Gasteiger partial charge >= 0.3 is 5.97 Å². The number of aromatic nitrogens is 2. The number of carbonyl (C=O) groups is 1. The molecule has 1 aromatic heterocycles. The van der Waals surface area contributed by atoms with E-state index in [9.17, 15) is 13.6 Å². The van der Waals surface area contributed by atoms with Crippen molar-refractivity contribution in [1.82, 2.24) is 9.78 Å². The molecule has 2 heterocycles. The van der Waals surface area contributed by atoms with Crippen molar-refractivity contribution in [2.45, 2.75) is 6.43 Å². The topological polar surface area (TPSA) is 56.5 Å². The number of cyclic esters (lactones) is 1. The predicted molar refractivity (Wildman–Crippen MR) is 45.7 cm³/mol. The maximum Gasteiger partial charge on any atom is 0.334 e. The zero-order valence-corrected chi connectivity index (χ0v) is 7.78. The van der Waals surface area contributed by atoms with Crippen LogP contribution in [0.1, 0.15) is 17.7 Å². The molecule has 15 heavy (non-hydrogen) atoms. The van der Waals surface area contributed by atoms with E-state index in [1.165, 1.54) is 17.9 Å². The minimum atomic E-state index is -2.72. The lowest BCUT2D eigenvalue weighted by molar-refractivity contribution is -0.132. The number of rotatable bonds is 2. The Morgan fingerprint density at radius 3 is 2.87 bits per heavy atom. The van der Waals surface area contributed by atoms with Crippen LogP contribution in [0.4, 0.5) is 8.78 Å². The van der Waals surface area contributed by atoms with E-state index in [1.54, 1.807) is 0 Å². The smallest absolute Gasteiger partial charge is 0.334 e. The Balaban J connectivity index is 2.39. The van der Waals surface area contributed by atoms with E-state index in [-0.39, 0.29) is 18.0 Å². The lowest BCUT2D eigenvalue weighted by atomic mass is 10.2. The first-order valence-corrected chi connectivity index (χ1v) is 4.15. The molecule has 0 spiro atoms. The van der Waals surface area contributed by atoms with Gasteiger partial charge in [-0.3, -0.25) is 4.68 Å². The SMILES string of the molecule is Cn1cc(C2=NCC(=O)O2)c(C(F)F)n1. The van der Waals surface area contributed by atoms with Crippen LogP contribution in [0.3, 0.4) is 0 Å².